The Morgan fingerprint density at radius 1 is 1.00 bits per heavy atom. The number of hydrogen-bond donors (Lipinski definition) is 0. The lowest BCUT2D eigenvalue weighted by molar-refractivity contribution is -0.147. The highest BCUT2D eigenvalue weighted by atomic mass is 16.5. The van der Waals surface area contributed by atoms with Crippen molar-refractivity contribution in [1.82, 2.24) is 4.90 Å². The topological polar surface area (TPSA) is 57.2 Å². The molecular formula is C24H29NO5. The predicted octanol–water partition coefficient (Wildman–Crippen LogP) is 3.32. The monoisotopic (exact) mass is 411 g/mol. The van der Waals surface area contributed by atoms with Crippen LogP contribution in [0.4, 0.5) is 0 Å². The summed E-state index contributed by atoms with van der Waals surface area (Å²) in [4.78, 5) is 14.7. The quantitative estimate of drug-likeness (QED) is 0.442. The number of nitrogens with zero attached hydrogens (tertiary/aromatic N) is 1. The second-order valence-corrected chi connectivity index (χ2v) is 6.57. The maximum atomic E-state index is 12.7. The number of rotatable bonds is 10. The number of ether oxygens (including phenoxy) is 4. The summed E-state index contributed by atoms with van der Waals surface area (Å²) < 4.78 is 21.6. The highest BCUT2D eigenvalue weighted by molar-refractivity contribution is 5.76. The van der Waals surface area contributed by atoms with Gasteiger partial charge in [0, 0.05) is 18.7 Å². The molecule has 0 heterocycles. The number of carbonyl (C=O) groups is 1. The maximum Gasteiger partial charge on any atom is 0.323 e. The molecule has 2 rings (SSSR count). The van der Waals surface area contributed by atoms with Crippen LogP contribution in [0.1, 0.15) is 18.1 Å². The Bertz CT molecular complexity index is 860. The minimum Gasteiger partial charge on any atom is -0.496 e. The SMILES string of the molecule is CC#CCN(Cc1c(OC)cc(OC)cc1OC)[C@@H](Cc1ccccc1)C(=O)OC. The third kappa shape index (κ3) is 5.91. The first kappa shape index (κ1) is 23.1. The average molecular weight is 411 g/mol. The van der Waals surface area contributed by atoms with E-state index in [0.29, 0.717) is 36.8 Å². The van der Waals surface area contributed by atoms with Crippen LogP contribution in [0.3, 0.4) is 0 Å². The zero-order chi connectivity index (χ0) is 21.9. The summed E-state index contributed by atoms with van der Waals surface area (Å²) in [6.07, 6.45) is 0.500. The summed E-state index contributed by atoms with van der Waals surface area (Å²) >= 11 is 0. The van der Waals surface area contributed by atoms with Crippen molar-refractivity contribution in [2.75, 3.05) is 35.0 Å². The molecule has 0 bridgehead atoms. The van der Waals surface area contributed by atoms with E-state index in [1.54, 1.807) is 40.4 Å². The van der Waals surface area contributed by atoms with Gasteiger partial charge in [0.1, 0.15) is 23.3 Å². The summed E-state index contributed by atoms with van der Waals surface area (Å²) in [5, 5.41) is 0. The largest absolute Gasteiger partial charge is 0.496 e. The standard InChI is InChI=1S/C24H29NO5/c1-6-7-13-25(21(24(26)30-5)14-18-11-9-8-10-12-18)17-20-22(28-3)15-19(27-2)16-23(20)29-4/h8-12,15-16,21H,13-14,17H2,1-5H3/t21-/m0/s1. The van der Waals surface area contributed by atoms with Gasteiger partial charge >= 0.3 is 5.97 Å². The van der Waals surface area contributed by atoms with Crippen LogP contribution < -0.4 is 14.2 Å². The van der Waals surface area contributed by atoms with Gasteiger partial charge in [-0.05, 0) is 18.9 Å². The Morgan fingerprint density at radius 3 is 2.13 bits per heavy atom. The van der Waals surface area contributed by atoms with Crippen molar-refractivity contribution >= 4 is 5.97 Å². The maximum absolute atomic E-state index is 12.7. The molecule has 1 atom stereocenters. The smallest absolute Gasteiger partial charge is 0.323 e. The first-order chi connectivity index (χ1) is 14.6. The molecule has 0 fully saturated rings. The third-order valence-corrected chi connectivity index (χ3v) is 4.82. The van der Waals surface area contributed by atoms with E-state index in [1.807, 2.05) is 35.2 Å². The molecule has 0 amide bonds. The number of methoxy groups -OCH3 is 4. The lowest BCUT2D eigenvalue weighted by Gasteiger charge is -2.29. The molecule has 0 saturated heterocycles. The molecule has 0 aliphatic carbocycles. The molecule has 160 valence electrons. The van der Waals surface area contributed by atoms with Crippen molar-refractivity contribution < 1.29 is 23.7 Å². The van der Waals surface area contributed by atoms with Gasteiger partial charge in [-0.1, -0.05) is 36.3 Å². The van der Waals surface area contributed by atoms with Gasteiger partial charge in [0.15, 0.2) is 0 Å². The van der Waals surface area contributed by atoms with Gasteiger partial charge in [-0.15, -0.1) is 5.92 Å². The van der Waals surface area contributed by atoms with Gasteiger partial charge in [0.05, 0.1) is 40.5 Å². The molecule has 0 aromatic heterocycles. The van der Waals surface area contributed by atoms with Gasteiger partial charge < -0.3 is 18.9 Å². The molecule has 0 spiro atoms. The van der Waals surface area contributed by atoms with Crippen molar-refractivity contribution in [3.05, 3.63) is 53.6 Å². The normalized spacial score (nSPS) is 11.3. The molecule has 0 unspecified atom stereocenters. The second kappa shape index (κ2) is 11.7. The Kier molecular flexibility index (Phi) is 9.04. The lowest BCUT2D eigenvalue weighted by atomic mass is 10.0. The summed E-state index contributed by atoms with van der Waals surface area (Å²) in [5.41, 5.74) is 1.84. The Balaban J connectivity index is 2.46. The Hall–Kier alpha value is -3.17. The molecule has 6 nitrogen and oxygen atoms in total. The van der Waals surface area contributed by atoms with Crippen molar-refractivity contribution in [3.63, 3.8) is 0 Å². The molecule has 2 aromatic rings. The lowest BCUT2D eigenvalue weighted by Crippen LogP contribution is -2.43. The van der Waals surface area contributed by atoms with E-state index in [-0.39, 0.29) is 5.97 Å². The van der Waals surface area contributed by atoms with Crippen LogP contribution in [-0.4, -0.2) is 51.9 Å². The van der Waals surface area contributed by atoms with Crippen LogP contribution in [0.5, 0.6) is 17.2 Å². The molecule has 0 aliphatic rings. The van der Waals surface area contributed by atoms with Gasteiger partial charge in [0.2, 0.25) is 0 Å². The molecule has 0 saturated carbocycles. The number of hydrogen-bond acceptors (Lipinski definition) is 6. The van der Waals surface area contributed by atoms with E-state index >= 15 is 0 Å². The van der Waals surface area contributed by atoms with Crippen LogP contribution in [0.15, 0.2) is 42.5 Å². The summed E-state index contributed by atoms with van der Waals surface area (Å²) in [6, 6.07) is 12.9. The van der Waals surface area contributed by atoms with Crippen molar-refractivity contribution in [3.8, 4) is 29.1 Å². The van der Waals surface area contributed by atoms with Crippen LogP contribution in [-0.2, 0) is 22.5 Å². The minimum atomic E-state index is -0.519. The third-order valence-electron chi connectivity index (χ3n) is 4.82. The summed E-state index contributed by atoms with van der Waals surface area (Å²) in [5.74, 6) is 7.52. The van der Waals surface area contributed by atoms with Crippen molar-refractivity contribution in [1.29, 1.82) is 0 Å². The van der Waals surface area contributed by atoms with Crippen LogP contribution >= 0.6 is 0 Å². The van der Waals surface area contributed by atoms with E-state index in [9.17, 15) is 4.79 Å². The fourth-order valence-electron chi connectivity index (χ4n) is 3.23. The molecule has 0 radical (unpaired) electrons. The van der Waals surface area contributed by atoms with Gasteiger partial charge in [-0.2, -0.15) is 0 Å². The van der Waals surface area contributed by atoms with E-state index in [1.165, 1.54) is 7.11 Å². The Morgan fingerprint density at radius 2 is 1.63 bits per heavy atom. The molecule has 0 N–H and O–H groups in total. The summed E-state index contributed by atoms with van der Waals surface area (Å²) in [6.45, 7) is 2.55. The minimum absolute atomic E-state index is 0.316. The fourth-order valence-corrected chi connectivity index (χ4v) is 3.23. The molecular weight excluding hydrogens is 382 g/mol. The Labute approximate surface area is 178 Å². The van der Waals surface area contributed by atoms with Gasteiger partial charge in [0.25, 0.3) is 0 Å². The summed E-state index contributed by atoms with van der Waals surface area (Å²) in [7, 11) is 6.17. The molecule has 2 aromatic carbocycles. The average Bonchev–Trinajstić information content (AvgIpc) is 2.80. The van der Waals surface area contributed by atoms with E-state index in [4.69, 9.17) is 18.9 Å². The zero-order valence-corrected chi connectivity index (χ0v) is 18.2. The van der Waals surface area contributed by atoms with Crippen LogP contribution in [0.2, 0.25) is 0 Å². The first-order valence-electron chi connectivity index (χ1n) is 9.62. The van der Waals surface area contributed by atoms with Crippen LogP contribution in [0, 0.1) is 11.8 Å². The van der Waals surface area contributed by atoms with Gasteiger partial charge in [-0.25, -0.2) is 0 Å². The zero-order valence-electron chi connectivity index (χ0n) is 18.2. The van der Waals surface area contributed by atoms with Crippen molar-refractivity contribution in [2.45, 2.75) is 25.9 Å². The predicted molar refractivity (Wildman–Crippen MR) is 116 cm³/mol. The number of esters is 1. The highest BCUT2D eigenvalue weighted by Crippen LogP contribution is 2.35. The first-order valence-corrected chi connectivity index (χ1v) is 9.62. The van der Waals surface area contributed by atoms with E-state index in [0.717, 1.165) is 11.1 Å². The second-order valence-electron chi connectivity index (χ2n) is 6.57. The van der Waals surface area contributed by atoms with Crippen molar-refractivity contribution in [2.24, 2.45) is 0 Å². The number of benzene rings is 2. The molecule has 0 aliphatic heterocycles. The fraction of sp³-hybridized carbons (Fsp3) is 0.375. The highest BCUT2D eigenvalue weighted by Gasteiger charge is 2.29. The molecule has 30 heavy (non-hydrogen) atoms. The van der Waals surface area contributed by atoms with Gasteiger partial charge in [-0.3, -0.25) is 9.69 Å². The van der Waals surface area contributed by atoms with E-state index in [2.05, 4.69) is 11.8 Å². The van der Waals surface area contributed by atoms with E-state index < -0.39 is 6.04 Å². The number of carbonyl (C=O) groups excluding carboxylic acids is 1. The molecule has 6 heteroatoms. The van der Waals surface area contributed by atoms with Crippen LogP contribution in [0.25, 0.3) is 0 Å².